The first-order valence-electron chi connectivity index (χ1n) is 6.04. The molecule has 0 unspecified atom stereocenters. The Bertz CT molecular complexity index is 766. The first-order chi connectivity index (χ1) is 10.5. The Hall–Kier alpha value is -3.07. The summed E-state index contributed by atoms with van der Waals surface area (Å²) in [7, 11) is 1.40. The lowest BCUT2D eigenvalue weighted by molar-refractivity contribution is -0.601. The molecule has 0 aliphatic carbocycles. The van der Waals surface area contributed by atoms with E-state index in [1.807, 2.05) is 0 Å². The first kappa shape index (κ1) is 18.0. The van der Waals surface area contributed by atoms with Crippen LogP contribution < -0.4 is 17.0 Å². The van der Waals surface area contributed by atoms with Gasteiger partial charge in [0.1, 0.15) is 13.2 Å². The van der Waals surface area contributed by atoms with Crippen LogP contribution in [0.4, 0.5) is 11.4 Å². The van der Waals surface area contributed by atoms with Crippen molar-refractivity contribution in [2.45, 2.75) is 0 Å². The highest BCUT2D eigenvalue weighted by Crippen LogP contribution is 2.24. The van der Waals surface area contributed by atoms with Crippen LogP contribution in [0, 0.1) is 20.2 Å². The molecular formula is C13H11ClN4O5. The Morgan fingerprint density at radius 1 is 1.22 bits per heavy atom. The van der Waals surface area contributed by atoms with E-state index < -0.39 is 9.85 Å². The van der Waals surface area contributed by atoms with E-state index in [1.54, 1.807) is 24.5 Å². The number of hydrogen-bond acceptors (Lipinski definition) is 6. The van der Waals surface area contributed by atoms with Crippen molar-refractivity contribution in [3.05, 3.63) is 68.5 Å². The summed E-state index contributed by atoms with van der Waals surface area (Å²) in [6, 6.07) is 6.87. The normalized spacial score (nSPS) is 10.1. The highest BCUT2D eigenvalue weighted by molar-refractivity contribution is 5.78. The standard InChI is InChI=1S/C13H11N4O5.ClH/c1-22-14-8-10-3-2-6-15(9-10)12-5-4-11(16(18)19)7-13(12)17(20)21;/h2-9H,1H3;1H/q+1;/p-1/b14-8+;. The Balaban J connectivity index is 0.00000264. The SMILES string of the molecule is CO/N=C/c1ccc[n+](-c2ccc([N+](=O)[O-])cc2[N+](=O)[O-])c1.[Cl-]. The number of benzene rings is 1. The lowest BCUT2D eigenvalue weighted by atomic mass is 10.2. The van der Waals surface area contributed by atoms with Crippen LogP contribution in [-0.2, 0) is 4.84 Å². The van der Waals surface area contributed by atoms with Crippen molar-refractivity contribution in [2.24, 2.45) is 5.16 Å². The van der Waals surface area contributed by atoms with Crippen LogP contribution in [-0.4, -0.2) is 23.2 Å². The van der Waals surface area contributed by atoms with Crippen LogP contribution in [0.15, 0.2) is 47.9 Å². The number of hydrogen-bond donors (Lipinski definition) is 0. The van der Waals surface area contributed by atoms with E-state index in [0.717, 1.165) is 6.07 Å². The predicted octanol–water partition coefficient (Wildman–Crippen LogP) is -1.24. The molecule has 0 atom stereocenters. The molecule has 1 aromatic carbocycles. The third kappa shape index (κ3) is 4.20. The molecule has 1 heterocycles. The molecular weight excluding hydrogens is 328 g/mol. The van der Waals surface area contributed by atoms with Crippen molar-refractivity contribution in [3.8, 4) is 5.69 Å². The van der Waals surface area contributed by atoms with Crippen molar-refractivity contribution in [2.75, 3.05) is 7.11 Å². The summed E-state index contributed by atoms with van der Waals surface area (Å²) in [5.41, 5.74) is 0.161. The van der Waals surface area contributed by atoms with Crippen LogP contribution in [0.25, 0.3) is 5.69 Å². The molecule has 0 aliphatic heterocycles. The van der Waals surface area contributed by atoms with E-state index in [1.165, 1.54) is 30.0 Å². The molecule has 9 nitrogen and oxygen atoms in total. The van der Waals surface area contributed by atoms with Gasteiger partial charge in [-0.05, 0) is 6.07 Å². The number of oxime groups is 1. The summed E-state index contributed by atoms with van der Waals surface area (Å²) in [4.78, 5) is 25.1. The smallest absolute Gasteiger partial charge is 0.347 e. The Morgan fingerprint density at radius 3 is 2.57 bits per heavy atom. The number of aromatic nitrogens is 1. The van der Waals surface area contributed by atoms with Gasteiger partial charge in [-0.2, -0.15) is 4.57 Å². The van der Waals surface area contributed by atoms with Crippen LogP contribution in [0.2, 0.25) is 0 Å². The summed E-state index contributed by atoms with van der Waals surface area (Å²) < 4.78 is 1.48. The fourth-order valence-corrected chi connectivity index (χ4v) is 1.82. The van der Waals surface area contributed by atoms with Gasteiger partial charge in [0, 0.05) is 18.2 Å². The number of halogens is 1. The molecule has 1 aromatic heterocycles. The average molecular weight is 339 g/mol. The van der Waals surface area contributed by atoms with E-state index in [0.29, 0.717) is 5.56 Å². The molecule has 2 aromatic rings. The van der Waals surface area contributed by atoms with Crippen LogP contribution in [0.1, 0.15) is 5.56 Å². The Morgan fingerprint density at radius 2 is 1.96 bits per heavy atom. The monoisotopic (exact) mass is 338 g/mol. The molecule has 0 saturated carbocycles. The molecule has 0 fully saturated rings. The fraction of sp³-hybridized carbons (Fsp3) is 0.0769. The third-order valence-corrected chi connectivity index (χ3v) is 2.78. The molecule has 120 valence electrons. The maximum absolute atomic E-state index is 11.2. The van der Waals surface area contributed by atoms with Gasteiger partial charge in [0.2, 0.25) is 0 Å². The highest BCUT2D eigenvalue weighted by Gasteiger charge is 2.26. The van der Waals surface area contributed by atoms with Gasteiger partial charge in [0.15, 0.2) is 12.4 Å². The van der Waals surface area contributed by atoms with Crippen LogP contribution in [0.5, 0.6) is 0 Å². The van der Waals surface area contributed by atoms with E-state index in [4.69, 9.17) is 0 Å². The molecule has 10 heteroatoms. The van der Waals surface area contributed by atoms with Crippen molar-refractivity contribution >= 4 is 17.6 Å². The summed E-state index contributed by atoms with van der Waals surface area (Å²) >= 11 is 0. The van der Waals surface area contributed by atoms with E-state index >= 15 is 0 Å². The minimum Gasteiger partial charge on any atom is -1.00 e. The van der Waals surface area contributed by atoms with Gasteiger partial charge in [-0.1, -0.05) is 5.16 Å². The average Bonchev–Trinajstić information content (AvgIpc) is 2.52. The molecule has 2 rings (SSSR count). The zero-order valence-corrected chi connectivity index (χ0v) is 12.6. The van der Waals surface area contributed by atoms with E-state index in [2.05, 4.69) is 9.99 Å². The van der Waals surface area contributed by atoms with Crippen molar-refractivity contribution in [3.63, 3.8) is 0 Å². The third-order valence-electron chi connectivity index (χ3n) is 2.78. The van der Waals surface area contributed by atoms with Gasteiger partial charge in [-0.15, -0.1) is 0 Å². The number of nitrogens with zero attached hydrogens (tertiary/aromatic N) is 4. The summed E-state index contributed by atoms with van der Waals surface area (Å²) in [6.07, 6.45) is 4.63. The summed E-state index contributed by atoms with van der Waals surface area (Å²) in [6.45, 7) is 0. The zero-order valence-electron chi connectivity index (χ0n) is 11.8. The molecule has 23 heavy (non-hydrogen) atoms. The highest BCUT2D eigenvalue weighted by atomic mass is 35.5. The van der Waals surface area contributed by atoms with Gasteiger partial charge in [-0.25, -0.2) is 0 Å². The molecule has 0 aliphatic rings. The van der Waals surface area contributed by atoms with Gasteiger partial charge in [-0.3, -0.25) is 20.2 Å². The summed E-state index contributed by atoms with van der Waals surface area (Å²) in [5.74, 6) is 0. The predicted molar refractivity (Wildman–Crippen MR) is 75.9 cm³/mol. The zero-order chi connectivity index (χ0) is 16.1. The lowest BCUT2D eigenvalue weighted by Gasteiger charge is -1.99. The van der Waals surface area contributed by atoms with Crippen molar-refractivity contribution in [1.82, 2.24) is 0 Å². The second kappa shape index (κ2) is 7.80. The number of pyridine rings is 1. The number of nitro groups is 2. The minimum absolute atomic E-state index is 0. The Kier molecular flexibility index (Phi) is 6.10. The maximum Gasteiger partial charge on any atom is 0.347 e. The van der Waals surface area contributed by atoms with E-state index in [9.17, 15) is 20.2 Å². The fourth-order valence-electron chi connectivity index (χ4n) is 1.82. The topological polar surface area (TPSA) is 112 Å². The first-order valence-corrected chi connectivity index (χ1v) is 6.04. The lowest BCUT2D eigenvalue weighted by Crippen LogP contribution is -3.00. The quantitative estimate of drug-likeness (QED) is 0.293. The van der Waals surface area contributed by atoms with Gasteiger partial charge in [0.05, 0.1) is 21.6 Å². The maximum atomic E-state index is 11.2. The number of rotatable bonds is 5. The van der Waals surface area contributed by atoms with Gasteiger partial charge < -0.3 is 17.2 Å². The largest absolute Gasteiger partial charge is 1.00 e. The van der Waals surface area contributed by atoms with E-state index in [-0.39, 0.29) is 29.5 Å². The van der Waals surface area contributed by atoms with Gasteiger partial charge in [0.25, 0.3) is 11.4 Å². The molecule has 0 saturated heterocycles. The van der Waals surface area contributed by atoms with Crippen molar-refractivity contribution in [1.29, 1.82) is 0 Å². The molecule has 0 amide bonds. The number of non-ortho nitro benzene ring substituents is 1. The second-order valence-electron chi connectivity index (χ2n) is 4.15. The molecule has 0 spiro atoms. The van der Waals surface area contributed by atoms with Crippen LogP contribution >= 0.6 is 0 Å². The summed E-state index contributed by atoms with van der Waals surface area (Å²) in [5, 5.41) is 25.5. The molecule has 0 N–H and O–H groups in total. The molecule has 0 radical (unpaired) electrons. The minimum atomic E-state index is -0.677. The number of nitro benzene ring substituents is 2. The van der Waals surface area contributed by atoms with Gasteiger partial charge >= 0.3 is 5.69 Å². The molecule has 0 bridgehead atoms. The van der Waals surface area contributed by atoms with Crippen LogP contribution in [0.3, 0.4) is 0 Å². The second-order valence-corrected chi connectivity index (χ2v) is 4.15. The van der Waals surface area contributed by atoms with Crippen molar-refractivity contribution < 1.29 is 31.7 Å². The Labute approximate surface area is 136 Å².